The summed E-state index contributed by atoms with van der Waals surface area (Å²) in [4.78, 5) is 51.0. The molecule has 0 radical (unpaired) electrons. The average Bonchev–Trinajstić information content (AvgIpc) is 2.81. The quantitative estimate of drug-likeness (QED) is 0.500. The lowest BCUT2D eigenvalue weighted by atomic mass is 9.47. The lowest BCUT2D eigenvalue weighted by molar-refractivity contribution is -0.175. The first-order chi connectivity index (χ1) is 17.2. The lowest BCUT2D eigenvalue weighted by Crippen LogP contribution is -2.64. The van der Waals surface area contributed by atoms with Gasteiger partial charge < -0.3 is 25.4 Å². The molecule has 4 fully saturated rings. The largest absolute Gasteiger partial charge is 0.463 e. The third-order valence-corrected chi connectivity index (χ3v) is 8.06. The third kappa shape index (κ3) is 4.47. The van der Waals surface area contributed by atoms with Gasteiger partial charge in [0.05, 0.1) is 29.3 Å². The monoisotopic (exact) mass is 495 g/mol. The van der Waals surface area contributed by atoms with E-state index in [0.717, 1.165) is 37.7 Å². The number of esters is 2. The zero-order valence-corrected chi connectivity index (χ0v) is 20.7. The SMILES string of the molecule is CCOC(=O)C1=C(COC(=O)C23C[C@@H]4C[C@@H](CC(NC(C)=O)(C4)C2)C3)NC(=O)N[C@H]1c1ccccc1. The second-order valence-electron chi connectivity index (χ2n) is 10.8. The molecule has 36 heavy (non-hydrogen) atoms. The molecule has 3 amide bonds. The highest BCUT2D eigenvalue weighted by atomic mass is 16.5. The fraction of sp³-hybridized carbons (Fsp3) is 0.556. The van der Waals surface area contributed by atoms with Gasteiger partial charge in [-0.3, -0.25) is 9.59 Å². The second kappa shape index (κ2) is 9.26. The Morgan fingerprint density at radius 2 is 1.75 bits per heavy atom. The molecule has 3 N–H and O–H groups in total. The van der Waals surface area contributed by atoms with E-state index in [1.165, 1.54) is 6.92 Å². The van der Waals surface area contributed by atoms with E-state index in [1.807, 2.05) is 30.3 Å². The van der Waals surface area contributed by atoms with Crippen LogP contribution >= 0.6 is 0 Å². The third-order valence-electron chi connectivity index (χ3n) is 8.06. The van der Waals surface area contributed by atoms with Crippen molar-refractivity contribution in [3.8, 4) is 0 Å². The minimum absolute atomic E-state index is 0.0749. The van der Waals surface area contributed by atoms with Crippen molar-refractivity contribution < 1.29 is 28.7 Å². The number of nitrogens with one attached hydrogen (secondary N) is 3. The Morgan fingerprint density at radius 1 is 1.06 bits per heavy atom. The van der Waals surface area contributed by atoms with E-state index < -0.39 is 23.5 Å². The van der Waals surface area contributed by atoms with Gasteiger partial charge in [0.1, 0.15) is 6.61 Å². The van der Waals surface area contributed by atoms with Gasteiger partial charge in [0.15, 0.2) is 0 Å². The summed E-state index contributed by atoms with van der Waals surface area (Å²) in [5.41, 5.74) is 0.146. The summed E-state index contributed by atoms with van der Waals surface area (Å²) in [7, 11) is 0. The van der Waals surface area contributed by atoms with Gasteiger partial charge in [0.2, 0.25) is 5.91 Å². The Bertz CT molecular complexity index is 1100. The van der Waals surface area contributed by atoms with Gasteiger partial charge in [-0.25, -0.2) is 9.59 Å². The smallest absolute Gasteiger partial charge is 0.338 e. The van der Waals surface area contributed by atoms with Crippen molar-refractivity contribution >= 4 is 23.9 Å². The van der Waals surface area contributed by atoms with Gasteiger partial charge in [-0.15, -0.1) is 0 Å². The van der Waals surface area contributed by atoms with Crippen molar-refractivity contribution in [2.24, 2.45) is 17.3 Å². The number of carbonyl (C=O) groups is 4. The summed E-state index contributed by atoms with van der Waals surface area (Å²) >= 11 is 0. The first-order valence-electron chi connectivity index (χ1n) is 12.7. The number of carbonyl (C=O) groups excluding carboxylic acids is 4. The molecule has 0 saturated heterocycles. The molecule has 4 saturated carbocycles. The van der Waals surface area contributed by atoms with E-state index in [1.54, 1.807) is 6.92 Å². The maximum absolute atomic E-state index is 13.6. The number of ether oxygens (including phenoxy) is 2. The van der Waals surface area contributed by atoms with E-state index in [9.17, 15) is 19.2 Å². The van der Waals surface area contributed by atoms with Crippen LogP contribution in [-0.4, -0.2) is 42.6 Å². The Kier molecular flexibility index (Phi) is 6.26. The molecule has 9 nitrogen and oxygen atoms in total. The van der Waals surface area contributed by atoms with Crippen molar-refractivity contribution in [1.82, 2.24) is 16.0 Å². The molecule has 5 aliphatic rings. The molecule has 0 spiro atoms. The van der Waals surface area contributed by atoms with Crippen LogP contribution in [0.3, 0.4) is 0 Å². The zero-order valence-electron chi connectivity index (χ0n) is 20.7. The van der Waals surface area contributed by atoms with Gasteiger partial charge in [0.25, 0.3) is 0 Å². The van der Waals surface area contributed by atoms with Crippen LogP contribution in [0.5, 0.6) is 0 Å². The normalized spacial score (nSPS) is 32.4. The summed E-state index contributed by atoms with van der Waals surface area (Å²) in [6.45, 7) is 3.16. The van der Waals surface area contributed by atoms with Crippen LogP contribution in [0.25, 0.3) is 0 Å². The highest BCUT2D eigenvalue weighted by molar-refractivity contribution is 5.95. The van der Waals surface area contributed by atoms with E-state index in [4.69, 9.17) is 9.47 Å². The summed E-state index contributed by atoms with van der Waals surface area (Å²) in [6, 6.07) is 7.92. The average molecular weight is 496 g/mol. The molecule has 1 aliphatic heterocycles. The molecule has 1 heterocycles. The zero-order chi connectivity index (χ0) is 25.5. The first kappa shape index (κ1) is 24.3. The Balaban J connectivity index is 1.40. The molecule has 0 aromatic heterocycles. The van der Waals surface area contributed by atoms with Crippen molar-refractivity contribution in [1.29, 1.82) is 0 Å². The summed E-state index contributed by atoms with van der Waals surface area (Å²) in [5, 5.41) is 8.60. The van der Waals surface area contributed by atoms with Gasteiger partial charge in [-0.05, 0) is 62.8 Å². The second-order valence-corrected chi connectivity index (χ2v) is 10.8. The summed E-state index contributed by atoms with van der Waals surface area (Å²) in [6.07, 6.45) is 4.93. The molecule has 4 bridgehead atoms. The number of hydrogen-bond acceptors (Lipinski definition) is 6. The molecule has 6 rings (SSSR count). The van der Waals surface area contributed by atoms with Crippen LogP contribution < -0.4 is 16.0 Å². The topological polar surface area (TPSA) is 123 Å². The van der Waals surface area contributed by atoms with Crippen LogP contribution in [0.15, 0.2) is 41.6 Å². The highest BCUT2D eigenvalue weighted by Gasteiger charge is 2.61. The molecule has 192 valence electrons. The summed E-state index contributed by atoms with van der Waals surface area (Å²) < 4.78 is 11.1. The maximum atomic E-state index is 13.6. The van der Waals surface area contributed by atoms with Gasteiger partial charge in [-0.2, -0.15) is 0 Å². The minimum Gasteiger partial charge on any atom is -0.463 e. The fourth-order valence-electron chi connectivity index (χ4n) is 7.39. The van der Waals surface area contributed by atoms with E-state index >= 15 is 0 Å². The number of urea groups is 1. The number of hydrogen-bond donors (Lipinski definition) is 3. The Hall–Kier alpha value is -3.36. The molecular formula is C27H33N3O6. The van der Waals surface area contributed by atoms with Crippen molar-refractivity contribution in [2.75, 3.05) is 13.2 Å². The molecule has 1 aromatic rings. The Morgan fingerprint density at radius 3 is 2.39 bits per heavy atom. The van der Waals surface area contributed by atoms with E-state index in [2.05, 4.69) is 16.0 Å². The van der Waals surface area contributed by atoms with Crippen LogP contribution in [0.4, 0.5) is 4.79 Å². The Labute approximate surface area is 210 Å². The van der Waals surface area contributed by atoms with E-state index in [0.29, 0.717) is 18.3 Å². The number of amides is 3. The first-order valence-corrected chi connectivity index (χ1v) is 12.7. The van der Waals surface area contributed by atoms with Crippen molar-refractivity contribution in [2.45, 2.75) is 64.0 Å². The van der Waals surface area contributed by atoms with Gasteiger partial charge in [0, 0.05) is 12.5 Å². The number of benzene rings is 1. The molecule has 1 aromatic carbocycles. The molecule has 2 unspecified atom stereocenters. The highest BCUT2D eigenvalue weighted by Crippen LogP contribution is 2.62. The van der Waals surface area contributed by atoms with Gasteiger partial charge >= 0.3 is 18.0 Å². The predicted octanol–water partition coefficient (Wildman–Crippen LogP) is 2.88. The van der Waals surface area contributed by atoms with Crippen molar-refractivity contribution in [3.05, 3.63) is 47.2 Å². The molecular weight excluding hydrogens is 462 g/mol. The molecule has 4 aliphatic carbocycles. The number of rotatable bonds is 7. The van der Waals surface area contributed by atoms with Crippen LogP contribution in [0.1, 0.15) is 64.0 Å². The fourth-order valence-corrected chi connectivity index (χ4v) is 7.39. The van der Waals surface area contributed by atoms with Crippen LogP contribution in [0.2, 0.25) is 0 Å². The minimum atomic E-state index is -0.727. The van der Waals surface area contributed by atoms with Crippen LogP contribution in [0, 0.1) is 17.3 Å². The van der Waals surface area contributed by atoms with E-state index in [-0.39, 0.29) is 41.9 Å². The lowest BCUT2D eigenvalue weighted by Gasteiger charge is -2.60. The van der Waals surface area contributed by atoms with Crippen molar-refractivity contribution in [3.63, 3.8) is 0 Å². The molecule has 9 heteroatoms. The standard InChI is InChI=1S/C27H33N3O6/c1-3-35-23(32)21-20(28-25(34)29-22(21)19-7-5-4-6-8-19)14-36-24(33)26-10-17-9-18(11-26)13-27(12-17,15-26)30-16(2)31/h4-8,17-18,22H,3,9-15H2,1-2H3,(H,30,31)(H2,28,29,34)/t17-,18+,22-,26?,27?/m0/s1. The maximum Gasteiger partial charge on any atom is 0.338 e. The van der Waals surface area contributed by atoms with Crippen LogP contribution in [-0.2, 0) is 23.9 Å². The predicted molar refractivity (Wildman–Crippen MR) is 129 cm³/mol. The molecule has 5 atom stereocenters. The summed E-state index contributed by atoms with van der Waals surface area (Å²) in [5.74, 6) is -0.230. The van der Waals surface area contributed by atoms with Gasteiger partial charge in [-0.1, -0.05) is 30.3 Å².